The molecule has 4 fully saturated rings. The molecular formula is C29H38F3N7O3. The fourth-order valence-electron chi connectivity index (χ4n) is 6.73. The number of alkyl halides is 3. The number of morpholine rings is 1. The van der Waals surface area contributed by atoms with Crippen molar-refractivity contribution in [2.75, 3.05) is 90.1 Å². The van der Waals surface area contributed by atoms with Gasteiger partial charge in [0.15, 0.2) is 0 Å². The lowest BCUT2D eigenvalue weighted by Gasteiger charge is -2.33. The number of rotatable bonds is 5. The van der Waals surface area contributed by atoms with E-state index in [0.29, 0.717) is 76.8 Å². The number of aromatic nitrogens is 2. The molecule has 0 spiro atoms. The number of anilines is 1. The number of ether oxygens (including phenoxy) is 1. The minimum Gasteiger partial charge on any atom is -0.378 e. The largest absolute Gasteiger partial charge is 0.416 e. The Bertz CT molecular complexity index is 1270. The molecule has 0 aliphatic carbocycles. The predicted molar refractivity (Wildman–Crippen MR) is 149 cm³/mol. The van der Waals surface area contributed by atoms with Gasteiger partial charge in [-0.05, 0) is 36.1 Å². The molecule has 2 amide bonds. The van der Waals surface area contributed by atoms with Crippen molar-refractivity contribution in [3.05, 3.63) is 47.3 Å². The number of carbonyl (C=O) groups excluding carboxylic acids is 2. The number of hydrogen-bond acceptors (Lipinski definition) is 7. The van der Waals surface area contributed by atoms with Crippen LogP contribution in [0, 0.1) is 11.8 Å². The molecule has 0 N–H and O–H groups in total. The van der Waals surface area contributed by atoms with E-state index in [0.717, 1.165) is 19.6 Å². The molecule has 13 heteroatoms. The van der Waals surface area contributed by atoms with Crippen molar-refractivity contribution in [3.63, 3.8) is 0 Å². The molecule has 1 aromatic carbocycles. The Hall–Kier alpha value is -3.16. The van der Waals surface area contributed by atoms with Crippen molar-refractivity contribution in [2.24, 2.45) is 11.8 Å². The summed E-state index contributed by atoms with van der Waals surface area (Å²) in [6.07, 6.45) is -1.48. The first-order valence-corrected chi connectivity index (χ1v) is 14.8. The van der Waals surface area contributed by atoms with Gasteiger partial charge in [-0.25, -0.2) is 4.79 Å². The van der Waals surface area contributed by atoms with E-state index in [1.807, 2.05) is 4.90 Å². The highest BCUT2D eigenvalue weighted by atomic mass is 19.4. The molecular weight excluding hydrogens is 551 g/mol. The number of benzene rings is 1. The van der Waals surface area contributed by atoms with E-state index in [1.165, 1.54) is 23.1 Å². The van der Waals surface area contributed by atoms with Gasteiger partial charge in [-0.1, -0.05) is 13.0 Å². The molecule has 0 bridgehead atoms. The monoisotopic (exact) mass is 589 g/mol. The van der Waals surface area contributed by atoms with Crippen LogP contribution in [0.4, 0.5) is 23.7 Å². The lowest BCUT2D eigenvalue weighted by atomic mass is 10.0. The lowest BCUT2D eigenvalue weighted by Crippen LogP contribution is -2.48. The SMILES string of the molecule is CCN1CCN(C(=O)c2cnn(C(=O)N3CC4CN(Cc5ccc(N6CCOCC6)cc5C(F)(F)F)CC4C3)c2)CC1. The Morgan fingerprint density at radius 1 is 0.929 bits per heavy atom. The number of nitrogens with zero attached hydrogens (tertiary/aromatic N) is 7. The zero-order chi connectivity index (χ0) is 29.4. The van der Waals surface area contributed by atoms with E-state index in [9.17, 15) is 22.8 Å². The Balaban J connectivity index is 1.05. The van der Waals surface area contributed by atoms with Gasteiger partial charge in [-0.3, -0.25) is 9.69 Å². The second kappa shape index (κ2) is 11.8. The number of carbonyl (C=O) groups is 2. The van der Waals surface area contributed by atoms with Gasteiger partial charge < -0.3 is 24.3 Å². The summed E-state index contributed by atoms with van der Waals surface area (Å²) < 4.78 is 48.7. The molecule has 4 aliphatic rings. The van der Waals surface area contributed by atoms with E-state index in [-0.39, 0.29) is 35.9 Å². The maximum Gasteiger partial charge on any atom is 0.416 e. The summed E-state index contributed by atoms with van der Waals surface area (Å²) in [6.45, 7) is 10.7. The summed E-state index contributed by atoms with van der Waals surface area (Å²) in [6, 6.07) is 4.38. The quantitative estimate of drug-likeness (QED) is 0.531. The van der Waals surface area contributed by atoms with Gasteiger partial charge in [0.1, 0.15) is 0 Å². The topological polar surface area (TPSA) is 77.4 Å². The van der Waals surface area contributed by atoms with Gasteiger partial charge >= 0.3 is 12.2 Å². The smallest absolute Gasteiger partial charge is 0.378 e. The van der Waals surface area contributed by atoms with E-state index in [4.69, 9.17) is 4.74 Å². The van der Waals surface area contributed by atoms with Crippen LogP contribution < -0.4 is 4.90 Å². The lowest BCUT2D eigenvalue weighted by molar-refractivity contribution is -0.138. The molecule has 4 aliphatic heterocycles. The van der Waals surface area contributed by atoms with Crippen molar-refractivity contribution in [2.45, 2.75) is 19.6 Å². The first-order chi connectivity index (χ1) is 20.2. The van der Waals surface area contributed by atoms with E-state index < -0.39 is 11.7 Å². The summed E-state index contributed by atoms with van der Waals surface area (Å²) in [5, 5.41) is 4.19. The summed E-state index contributed by atoms with van der Waals surface area (Å²) in [5.74, 6) is 0.250. The number of piperazine rings is 1. The molecule has 10 nitrogen and oxygen atoms in total. The highest BCUT2D eigenvalue weighted by Crippen LogP contribution is 2.37. The van der Waals surface area contributed by atoms with Crippen LogP contribution in [-0.4, -0.2) is 127 Å². The maximum absolute atomic E-state index is 14.0. The average Bonchev–Trinajstić information content (AvgIpc) is 3.73. The minimum atomic E-state index is -4.44. The van der Waals surface area contributed by atoms with Crippen molar-refractivity contribution < 1.29 is 27.5 Å². The van der Waals surface area contributed by atoms with Crippen molar-refractivity contribution in [1.29, 1.82) is 0 Å². The van der Waals surface area contributed by atoms with Crippen LogP contribution in [0.5, 0.6) is 0 Å². The molecule has 228 valence electrons. The first-order valence-electron chi connectivity index (χ1n) is 14.8. The predicted octanol–water partition coefficient (Wildman–Crippen LogP) is 2.55. The van der Waals surface area contributed by atoms with Crippen LogP contribution >= 0.6 is 0 Å². The van der Waals surface area contributed by atoms with E-state index >= 15 is 0 Å². The van der Waals surface area contributed by atoms with Crippen LogP contribution in [0.1, 0.15) is 28.4 Å². The van der Waals surface area contributed by atoms with Gasteiger partial charge in [0.25, 0.3) is 5.91 Å². The highest BCUT2D eigenvalue weighted by Gasteiger charge is 2.43. The standard InChI is InChI=1S/C29H38F3N7O3/c1-2-34-5-7-37(8-6-34)27(40)22-14-33-39(20-22)28(41)38-18-23-16-35(17-24(23)19-38)15-21-3-4-25(13-26(21)29(30,31)32)36-9-11-42-12-10-36/h3-4,13-14,20,23-24H,2,5-12,15-19H2,1H3. The summed E-state index contributed by atoms with van der Waals surface area (Å²) in [7, 11) is 0. The van der Waals surface area contributed by atoms with Crippen LogP contribution in [0.3, 0.4) is 0 Å². The zero-order valence-electron chi connectivity index (χ0n) is 23.9. The molecule has 42 heavy (non-hydrogen) atoms. The first kappa shape index (κ1) is 28.9. The average molecular weight is 590 g/mol. The summed E-state index contributed by atoms with van der Waals surface area (Å²) >= 11 is 0. The van der Waals surface area contributed by atoms with Crippen LogP contribution in [0.2, 0.25) is 0 Å². The Labute approximate surface area is 243 Å². The molecule has 2 atom stereocenters. The van der Waals surface area contributed by atoms with E-state index in [2.05, 4.69) is 21.8 Å². The minimum absolute atomic E-state index is 0.116. The van der Waals surface area contributed by atoms with Crippen molar-refractivity contribution in [3.8, 4) is 0 Å². The van der Waals surface area contributed by atoms with Crippen LogP contribution in [-0.2, 0) is 17.5 Å². The molecule has 1 aromatic heterocycles. The number of fused-ring (bicyclic) bond motifs is 1. The fraction of sp³-hybridized carbons (Fsp3) is 0.621. The normalized spacial score (nSPS) is 24.0. The van der Waals surface area contributed by atoms with Crippen LogP contribution in [0.15, 0.2) is 30.6 Å². The van der Waals surface area contributed by atoms with Gasteiger partial charge in [0.2, 0.25) is 0 Å². The Morgan fingerprint density at radius 3 is 2.26 bits per heavy atom. The molecule has 2 aromatic rings. The van der Waals surface area contributed by atoms with Gasteiger partial charge in [-0.15, -0.1) is 0 Å². The van der Waals surface area contributed by atoms with Gasteiger partial charge in [0, 0.05) is 83.9 Å². The van der Waals surface area contributed by atoms with Gasteiger partial charge in [0.05, 0.1) is 30.5 Å². The third-order valence-electron chi connectivity index (χ3n) is 9.13. The third-order valence-corrected chi connectivity index (χ3v) is 9.13. The molecule has 4 saturated heterocycles. The fourth-order valence-corrected chi connectivity index (χ4v) is 6.73. The highest BCUT2D eigenvalue weighted by molar-refractivity contribution is 5.94. The Morgan fingerprint density at radius 2 is 1.62 bits per heavy atom. The molecule has 5 heterocycles. The number of halogens is 3. The summed E-state index contributed by atoms with van der Waals surface area (Å²) in [4.78, 5) is 36.0. The number of likely N-dealkylation sites (N-methyl/N-ethyl adjacent to an activating group) is 1. The molecule has 0 saturated carbocycles. The number of hydrogen-bond donors (Lipinski definition) is 0. The van der Waals surface area contributed by atoms with Crippen molar-refractivity contribution >= 4 is 17.6 Å². The molecule has 2 unspecified atom stereocenters. The number of likely N-dealkylation sites (tertiary alicyclic amines) is 2. The second-order valence-electron chi connectivity index (χ2n) is 11.7. The molecule has 0 radical (unpaired) electrons. The second-order valence-corrected chi connectivity index (χ2v) is 11.7. The van der Waals surface area contributed by atoms with E-state index in [1.54, 1.807) is 21.9 Å². The molecule has 6 rings (SSSR count). The zero-order valence-corrected chi connectivity index (χ0v) is 23.9. The van der Waals surface area contributed by atoms with Crippen LogP contribution in [0.25, 0.3) is 0 Å². The number of amides is 2. The third kappa shape index (κ3) is 6.00. The van der Waals surface area contributed by atoms with Crippen molar-refractivity contribution in [1.82, 2.24) is 29.4 Å². The Kier molecular flexibility index (Phi) is 8.16. The maximum atomic E-state index is 14.0. The van der Waals surface area contributed by atoms with Gasteiger partial charge in [-0.2, -0.15) is 23.0 Å². The summed E-state index contributed by atoms with van der Waals surface area (Å²) in [5.41, 5.74) is 0.664.